The third-order valence-electron chi connectivity index (χ3n) is 6.07. The molecule has 2 amide bonds. The number of nitrogens with zero attached hydrogens (tertiary/aromatic N) is 5. The van der Waals surface area contributed by atoms with E-state index in [9.17, 15) is 9.59 Å². The van der Waals surface area contributed by atoms with Crippen LogP contribution >= 0.6 is 0 Å². The van der Waals surface area contributed by atoms with Gasteiger partial charge in [-0.15, -0.1) is 5.10 Å². The summed E-state index contributed by atoms with van der Waals surface area (Å²) in [5.74, 6) is 0.0985. The number of carbonyl (C=O) groups excluding carboxylic acids is 2. The van der Waals surface area contributed by atoms with E-state index in [1.54, 1.807) is 30.7 Å². The molecular formula is C22H28N6O2. The summed E-state index contributed by atoms with van der Waals surface area (Å²) in [7, 11) is 0. The van der Waals surface area contributed by atoms with Crippen molar-refractivity contribution in [3.8, 4) is 0 Å². The van der Waals surface area contributed by atoms with E-state index >= 15 is 0 Å². The molecule has 2 aromatic rings. The van der Waals surface area contributed by atoms with Gasteiger partial charge in [0.15, 0.2) is 5.69 Å². The fourth-order valence-electron chi connectivity index (χ4n) is 4.40. The summed E-state index contributed by atoms with van der Waals surface area (Å²) >= 11 is 0. The Bertz CT molecular complexity index is 839. The van der Waals surface area contributed by atoms with Crippen LogP contribution in [0.2, 0.25) is 0 Å². The first-order chi connectivity index (χ1) is 14.7. The number of nitrogens with one attached hydrogen (secondary N) is 1. The Morgan fingerprint density at radius 1 is 1.07 bits per heavy atom. The van der Waals surface area contributed by atoms with Gasteiger partial charge < -0.3 is 10.2 Å². The Morgan fingerprint density at radius 3 is 2.63 bits per heavy atom. The molecule has 4 rings (SSSR count). The first-order valence-corrected chi connectivity index (χ1v) is 10.7. The molecule has 158 valence electrons. The van der Waals surface area contributed by atoms with Crippen LogP contribution < -0.4 is 5.32 Å². The molecule has 0 spiro atoms. The number of likely N-dealkylation sites (tertiary alicyclic amines) is 2. The summed E-state index contributed by atoms with van der Waals surface area (Å²) < 4.78 is 0. The van der Waals surface area contributed by atoms with Crippen molar-refractivity contribution in [1.82, 2.24) is 30.3 Å². The summed E-state index contributed by atoms with van der Waals surface area (Å²) in [6.07, 6.45) is 8.90. The Labute approximate surface area is 176 Å². The summed E-state index contributed by atoms with van der Waals surface area (Å²) in [6, 6.07) is 7.72. The molecule has 2 fully saturated rings. The van der Waals surface area contributed by atoms with Gasteiger partial charge in [-0.25, -0.2) is 0 Å². The van der Waals surface area contributed by atoms with Crippen LogP contribution in [-0.2, 0) is 11.3 Å². The average Bonchev–Trinajstić information content (AvgIpc) is 2.83. The van der Waals surface area contributed by atoms with Crippen molar-refractivity contribution in [2.45, 2.75) is 38.3 Å². The first-order valence-electron chi connectivity index (χ1n) is 10.7. The van der Waals surface area contributed by atoms with Crippen LogP contribution in [0.1, 0.15) is 41.7 Å². The minimum Gasteiger partial charge on any atom is -0.352 e. The zero-order chi connectivity index (χ0) is 20.8. The van der Waals surface area contributed by atoms with Gasteiger partial charge in [0.25, 0.3) is 5.91 Å². The third-order valence-corrected chi connectivity index (χ3v) is 6.07. The van der Waals surface area contributed by atoms with Crippen LogP contribution in [-0.4, -0.2) is 69.0 Å². The SMILES string of the molecule is O=C(NCc1cccnc1)[C@@H]1CCCN(C2CCN(C(=O)c3cccnn3)CC2)C1. The lowest BCUT2D eigenvalue weighted by molar-refractivity contribution is -0.127. The molecule has 30 heavy (non-hydrogen) atoms. The molecule has 4 heterocycles. The molecule has 0 aromatic carbocycles. The van der Waals surface area contributed by atoms with Crippen molar-refractivity contribution >= 4 is 11.8 Å². The van der Waals surface area contributed by atoms with E-state index in [2.05, 4.69) is 25.4 Å². The molecule has 1 N–H and O–H groups in total. The number of pyridine rings is 1. The van der Waals surface area contributed by atoms with Crippen LogP contribution in [0, 0.1) is 5.92 Å². The van der Waals surface area contributed by atoms with Crippen molar-refractivity contribution < 1.29 is 9.59 Å². The Hall–Kier alpha value is -2.87. The number of hydrogen-bond donors (Lipinski definition) is 1. The van der Waals surface area contributed by atoms with Gasteiger partial charge in [0.1, 0.15) is 0 Å². The predicted molar refractivity (Wildman–Crippen MR) is 111 cm³/mol. The lowest BCUT2D eigenvalue weighted by Crippen LogP contribution is -2.51. The lowest BCUT2D eigenvalue weighted by Gasteiger charge is -2.42. The minimum absolute atomic E-state index is 0.0228. The first kappa shape index (κ1) is 20.4. The molecule has 0 bridgehead atoms. The lowest BCUT2D eigenvalue weighted by atomic mass is 9.93. The number of piperidine rings is 2. The number of amides is 2. The molecule has 0 unspecified atom stereocenters. The molecule has 1 atom stereocenters. The molecule has 2 aliphatic heterocycles. The van der Waals surface area contributed by atoms with Crippen LogP contribution in [0.3, 0.4) is 0 Å². The highest BCUT2D eigenvalue weighted by Gasteiger charge is 2.32. The standard InChI is InChI=1S/C22H28N6O2/c29-21(24-15-17-4-1-9-23-14-17)18-5-3-11-28(16-18)19-7-12-27(13-8-19)22(30)20-6-2-10-25-26-20/h1-2,4,6,9-10,14,18-19H,3,5,7-8,11-13,15-16H2,(H,24,29)/t18-/m1/s1. The summed E-state index contributed by atoms with van der Waals surface area (Å²) in [5, 5.41) is 10.8. The number of rotatable bonds is 5. The van der Waals surface area contributed by atoms with E-state index < -0.39 is 0 Å². The van der Waals surface area contributed by atoms with E-state index in [4.69, 9.17) is 0 Å². The highest BCUT2D eigenvalue weighted by atomic mass is 16.2. The second-order valence-electron chi connectivity index (χ2n) is 8.05. The number of aromatic nitrogens is 3. The zero-order valence-electron chi connectivity index (χ0n) is 17.1. The zero-order valence-corrected chi connectivity index (χ0v) is 17.1. The molecule has 0 aliphatic carbocycles. The topological polar surface area (TPSA) is 91.3 Å². The average molecular weight is 409 g/mol. The monoisotopic (exact) mass is 408 g/mol. The van der Waals surface area contributed by atoms with Crippen LogP contribution in [0.15, 0.2) is 42.9 Å². The maximum absolute atomic E-state index is 12.7. The maximum atomic E-state index is 12.7. The van der Waals surface area contributed by atoms with Crippen molar-refractivity contribution in [3.05, 3.63) is 54.1 Å². The predicted octanol–water partition coefficient (Wildman–Crippen LogP) is 1.50. The fraction of sp³-hybridized carbons (Fsp3) is 0.500. The quantitative estimate of drug-likeness (QED) is 0.806. The molecule has 2 aromatic heterocycles. The summed E-state index contributed by atoms with van der Waals surface area (Å²) in [5.41, 5.74) is 1.41. The van der Waals surface area contributed by atoms with Crippen LogP contribution in [0.5, 0.6) is 0 Å². The van der Waals surface area contributed by atoms with E-state index in [1.165, 1.54) is 0 Å². The molecule has 2 saturated heterocycles. The molecule has 2 aliphatic rings. The maximum Gasteiger partial charge on any atom is 0.274 e. The second kappa shape index (κ2) is 9.75. The van der Waals surface area contributed by atoms with Crippen molar-refractivity contribution in [2.24, 2.45) is 5.92 Å². The largest absolute Gasteiger partial charge is 0.352 e. The summed E-state index contributed by atoms with van der Waals surface area (Å²) in [4.78, 5) is 33.6. The Morgan fingerprint density at radius 2 is 1.90 bits per heavy atom. The van der Waals surface area contributed by atoms with Gasteiger partial charge in [-0.3, -0.25) is 19.5 Å². The van der Waals surface area contributed by atoms with Gasteiger partial charge >= 0.3 is 0 Å². The Kier molecular flexibility index (Phi) is 6.63. The van der Waals surface area contributed by atoms with Crippen LogP contribution in [0.25, 0.3) is 0 Å². The van der Waals surface area contributed by atoms with Gasteiger partial charge in [-0.05, 0) is 56.0 Å². The highest BCUT2D eigenvalue weighted by Crippen LogP contribution is 2.24. The molecule has 8 heteroatoms. The van der Waals surface area contributed by atoms with Gasteiger partial charge in [0.05, 0.1) is 5.92 Å². The van der Waals surface area contributed by atoms with Crippen molar-refractivity contribution in [3.63, 3.8) is 0 Å². The Balaban J connectivity index is 1.26. The molecule has 0 radical (unpaired) electrons. The smallest absolute Gasteiger partial charge is 0.274 e. The van der Waals surface area contributed by atoms with Gasteiger partial charge in [0, 0.05) is 50.8 Å². The van der Waals surface area contributed by atoms with E-state index in [0.29, 0.717) is 31.4 Å². The van der Waals surface area contributed by atoms with E-state index in [-0.39, 0.29) is 17.7 Å². The van der Waals surface area contributed by atoms with E-state index in [1.807, 2.05) is 17.0 Å². The van der Waals surface area contributed by atoms with Crippen LogP contribution in [0.4, 0.5) is 0 Å². The van der Waals surface area contributed by atoms with E-state index in [0.717, 1.165) is 44.3 Å². The molecular weight excluding hydrogens is 380 g/mol. The number of hydrogen-bond acceptors (Lipinski definition) is 6. The normalized spacial score (nSPS) is 20.7. The highest BCUT2D eigenvalue weighted by molar-refractivity contribution is 5.92. The van der Waals surface area contributed by atoms with Crippen molar-refractivity contribution in [2.75, 3.05) is 26.2 Å². The van der Waals surface area contributed by atoms with Gasteiger partial charge in [-0.1, -0.05) is 6.07 Å². The minimum atomic E-state index is -0.0483. The van der Waals surface area contributed by atoms with Crippen molar-refractivity contribution in [1.29, 1.82) is 0 Å². The second-order valence-corrected chi connectivity index (χ2v) is 8.05. The summed E-state index contributed by atoms with van der Waals surface area (Å²) in [6.45, 7) is 3.77. The third kappa shape index (κ3) is 4.99. The van der Waals surface area contributed by atoms with Gasteiger partial charge in [-0.2, -0.15) is 5.10 Å². The molecule has 8 nitrogen and oxygen atoms in total. The number of carbonyl (C=O) groups is 2. The van der Waals surface area contributed by atoms with Gasteiger partial charge in [0.2, 0.25) is 5.91 Å². The molecule has 0 saturated carbocycles. The fourth-order valence-corrected chi connectivity index (χ4v) is 4.40.